The maximum Gasteiger partial charge on any atom is 0.336 e. The lowest BCUT2D eigenvalue weighted by atomic mass is 10.0. The number of benzene rings is 3. The van der Waals surface area contributed by atoms with Gasteiger partial charge in [-0.3, -0.25) is 24.7 Å². The minimum atomic E-state index is -1.30. The second-order valence-corrected chi connectivity index (χ2v) is 9.02. The number of fused-ring (bicyclic) bond motifs is 1. The first kappa shape index (κ1) is 26.8. The summed E-state index contributed by atoms with van der Waals surface area (Å²) in [7, 11) is 1.74. The third-order valence-corrected chi connectivity index (χ3v) is 6.42. The molecule has 1 amide bonds. The molecule has 0 unspecified atom stereocenters. The van der Waals surface area contributed by atoms with Crippen LogP contribution in [0.1, 0.15) is 48.6 Å². The summed E-state index contributed by atoms with van der Waals surface area (Å²) >= 11 is 0. The van der Waals surface area contributed by atoms with Crippen molar-refractivity contribution in [1.82, 2.24) is 4.57 Å². The number of hydrogen-bond acceptors (Lipinski definition) is 5. The van der Waals surface area contributed by atoms with Gasteiger partial charge in [0.15, 0.2) is 5.78 Å². The highest BCUT2D eigenvalue weighted by molar-refractivity contribution is 6.14. The van der Waals surface area contributed by atoms with E-state index in [1.165, 1.54) is 24.3 Å². The van der Waals surface area contributed by atoms with E-state index in [1.807, 2.05) is 12.1 Å². The molecule has 198 valence electrons. The van der Waals surface area contributed by atoms with Crippen LogP contribution in [0.2, 0.25) is 0 Å². The minimum Gasteiger partial charge on any atom is -0.480 e. The average molecular weight is 527 g/mol. The Morgan fingerprint density at radius 3 is 2.21 bits per heavy atom. The Morgan fingerprint density at radius 1 is 0.923 bits per heavy atom. The molecule has 0 aliphatic rings. The number of nitrogens with two attached hydrogens (primary N) is 1. The Labute approximate surface area is 223 Å². The van der Waals surface area contributed by atoms with Gasteiger partial charge in [-0.05, 0) is 36.2 Å². The molecule has 3 aromatic carbocycles. The predicted octanol–water partition coefficient (Wildman–Crippen LogP) is 3.71. The SMILES string of the molecule is Cn1cc(C(=O)CCc2ccc(C(=N)N)cc2)c2ccc(N(CC(=O)O)C(=O)c3ccccc3C(=O)O)cc21. The summed E-state index contributed by atoms with van der Waals surface area (Å²) in [6, 6.07) is 17.6. The van der Waals surface area contributed by atoms with Gasteiger partial charge in [0.25, 0.3) is 5.91 Å². The highest BCUT2D eigenvalue weighted by Crippen LogP contribution is 2.28. The van der Waals surface area contributed by atoms with Crippen LogP contribution < -0.4 is 10.6 Å². The molecule has 4 aromatic rings. The van der Waals surface area contributed by atoms with Gasteiger partial charge in [0.2, 0.25) is 0 Å². The summed E-state index contributed by atoms with van der Waals surface area (Å²) in [6.07, 6.45) is 2.43. The van der Waals surface area contributed by atoms with E-state index >= 15 is 0 Å². The molecule has 0 spiro atoms. The van der Waals surface area contributed by atoms with Crippen molar-refractivity contribution in [2.75, 3.05) is 11.4 Å². The Morgan fingerprint density at radius 2 is 1.59 bits per heavy atom. The highest BCUT2D eigenvalue weighted by Gasteiger charge is 2.25. The molecule has 1 heterocycles. The molecule has 0 saturated carbocycles. The van der Waals surface area contributed by atoms with Gasteiger partial charge in [-0.25, -0.2) is 4.79 Å². The number of aliphatic carboxylic acids is 1. The van der Waals surface area contributed by atoms with Gasteiger partial charge < -0.3 is 20.5 Å². The number of amidine groups is 1. The standard InChI is InChI=1S/C29H26N4O6/c1-32-15-23(25(34)13-8-17-6-9-18(10-7-17)27(30)31)20-12-11-19(14-24(20)32)33(16-26(35)36)28(37)21-4-2-3-5-22(21)29(38)39/h2-7,9-12,14-15H,8,13,16H2,1H3,(H3,30,31)(H,35,36)(H,38,39). The quantitative estimate of drug-likeness (QED) is 0.139. The molecule has 0 aliphatic heterocycles. The maximum absolute atomic E-state index is 13.3. The van der Waals surface area contributed by atoms with Crippen molar-refractivity contribution < 1.29 is 29.4 Å². The number of nitrogens with one attached hydrogen (secondary N) is 1. The zero-order chi connectivity index (χ0) is 28.3. The molecule has 39 heavy (non-hydrogen) atoms. The van der Waals surface area contributed by atoms with E-state index in [1.54, 1.807) is 48.1 Å². The maximum atomic E-state index is 13.3. The Hall–Kier alpha value is -5.25. The molecule has 0 radical (unpaired) electrons. The number of nitrogen functional groups attached to an aromatic ring is 1. The van der Waals surface area contributed by atoms with Crippen molar-refractivity contribution in [2.45, 2.75) is 12.8 Å². The van der Waals surface area contributed by atoms with Crippen molar-refractivity contribution in [3.05, 3.63) is 101 Å². The van der Waals surface area contributed by atoms with Gasteiger partial charge >= 0.3 is 11.9 Å². The molecule has 5 N–H and O–H groups in total. The number of ketones is 1. The minimum absolute atomic E-state index is 0.0255. The molecule has 0 bridgehead atoms. The van der Waals surface area contributed by atoms with Crippen molar-refractivity contribution >= 4 is 46.1 Å². The summed E-state index contributed by atoms with van der Waals surface area (Å²) < 4.78 is 1.72. The molecule has 10 nitrogen and oxygen atoms in total. The van der Waals surface area contributed by atoms with Crippen LogP contribution in [0.15, 0.2) is 72.9 Å². The highest BCUT2D eigenvalue weighted by atomic mass is 16.4. The van der Waals surface area contributed by atoms with Gasteiger partial charge in [0, 0.05) is 41.9 Å². The smallest absolute Gasteiger partial charge is 0.336 e. The van der Waals surface area contributed by atoms with Crippen LogP contribution in [0.25, 0.3) is 10.9 Å². The van der Waals surface area contributed by atoms with Crippen LogP contribution in [0.4, 0.5) is 5.69 Å². The van der Waals surface area contributed by atoms with Gasteiger partial charge in [0.1, 0.15) is 12.4 Å². The molecule has 0 saturated heterocycles. The summed E-state index contributed by atoms with van der Waals surface area (Å²) in [5, 5.41) is 27.1. The summed E-state index contributed by atoms with van der Waals surface area (Å²) in [5.74, 6) is -3.45. The van der Waals surface area contributed by atoms with E-state index < -0.39 is 24.4 Å². The summed E-state index contributed by atoms with van der Waals surface area (Å²) in [6.45, 7) is -0.684. The number of carbonyl (C=O) groups excluding carboxylic acids is 2. The fourth-order valence-corrected chi connectivity index (χ4v) is 4.42. The lowest BCUT2D eigenvalue weighted by Crippen LogP contribution is -2.36. The van der Waals surface area contributed by atoms with Crippen LogP contribution >= 0.6 is 0 Å². The number of carboxylic acids is 2. The molecule has 0 fully saturated rings. The van der Waals surface area contributed by atoms with Crippen molar-refractivity contribution in [3.63, 3.8) is 0 Å². The predicted molar refractivity (Wildman–Crippen MR) is 146 cm³/mol. The summed E-state index contributed by atoms with van der Waals surface area (Å²) in [4.78, 5) is 50.7. The zero-order valence-electron chi connectivity index (χ0n) is 21.0. The average Bonchev–Trinajstić information content (AvgIpc) is 3.25. The topological polar surface area (TPSA) is 167 Å². The van der Waals surface area contributed by atoms with E-state index in [9.17, 15) is 29.4 Å². The van der Waals surface area contributed by atoms with Crippen LogP contribution in [0.3, 0.4) is 0 Å². The molecule has 1 aromatic heterocycles. The molecule has 10 heteroatoms. The lowest BCUT2D eigenvalue weighted by Gasteiger charge is -2.22. The van der Waals surface area contributed by atoms with Crippen LogP contribution in [0.5, 0.6) is 0 Å². The number of amides is 1. The zero-order valence-corrected chi connectivity index (χ0v) is 21.0. The fraction of sp³-hybridized carbons (Fsp3) is 0.138. The molecule has 0 aliphatic carbocycles. The molecular weight excluding hydrogens is 500 g/mol. The number of hydrogen-bond donors (Lipinski definition) is 4. The number of carboxylic acid groups (broad SMARTS) is 2. The lowest BCUT2D eigenvalue weighted by molar-refractivity contribution is -0.135. The number of Topliss-reactive ketones (excluding diaryl/α,β-unsaturated/α-hetero) is 1. The Kier molecular flexibility index (Phi) is 7.57. The first-order valence-corrected chi connectivity index (χ1v) is 12.0. The normalized spacial score (nSPS) is 10.8. The van der Waals surface area contributed by atoms with Crippen LogP contribution in [-0.4, -0.2) is 50.8 Å². The van der Waals surface area contributed by atoms with Crippen molar-refractivity contribution in [1.29, 1.82) is 5.41 Å². The molecular formula is C29H26N4O6. The van der Waals surface area contributed by atoms with E-state index in [0.29, 0.717) is 28.5 Å². The van der Waals surface area contributed by atoms with Crippen molar-refractivity contribution in [2.24, 2.45) is 12.8 Å². The fourth-order valence-electron chi connectivity index (χ4n) is 4.42. The first-order chi connectivity index (χ1) is 18.6. The number of rotatable bonds is 10. The third-order valence-electron chi connectivity index (χ3n) is 6.42. The summed E-state index contributed by atoms with van der Waals surface area (Å²) in [5.41, 5.74) is 8.01. The number of carbonyl (C=O) groups is 4. The van der Waals surface area contributed by atoms with E-state index in [2.05, 4.69) is 0 Å². The van der Waals surface area contributed by atoms with Crippen LogP contribution in [0, 0.1) is 5.41 Å². The van der Waals surface area contributed by atoms with Crippen LogP contribution in [-0.2, 0) is 18.3 Å². The Bertz CT molecular complexity index is 1620. The number of aromatic carboxylic acids is 1. The number of anilines is 1. The van der Waals surface area contributed by atoms with E-state index in [4.69, 9.17) is 11.1 Å². The second-order valence-electron chi connectivity index (χ2n) is 9.02. The van der Waals surface area contributed by atoms with E-state index in [-0.39, 0.29) is 34.9 Å². The molecule has 4 rings (SSSR count). The van der Waals surface area contributed by atoms with Gasteiger partial charge in [-0.1, -0.05) is 42.5 Å². The number of aromatic nitrogens is 1. The number of nitrogens with zero attached hydrogens (tertiary/aromatic N) is 2. The van der Waals surface area contributed by atoms with Gasteiger partial charge in [0.05, 0.1) is 16.6 Å². The molecule has 0 atom stereocenters. The third kappa shape index (κ3) is 5.69. The number of aryl methyl sites for hydroxylation is 2. The second kappa shape index (κ2) is 11.0. The first-order valence-electron chi connectivity index (χ1n) is 12.0. The van der Waals surface area contributed by atoms with E-state index in [0.717, 1.165) is 10.5 Å². The van der Waals surface area contributed by atoms with Gasteiger partial charge in [-0.2, -0.15) is 0 Å². The van der Waals surface area contributed by atoms with Crippen molar-refractivity contribution in [3.8, 4) is 0 Å². The largest absolute Gasteiger partial charge is 0.480 e. The monoisotopic (exact) mass is 526 g/mol. The Balaban J connectivity index is 1.63. The van der Waals surface area contributed by atoms with Gasteiger partial charge in [-0.15, -0.1) is 0 Å².